The smallest absolute Gasteiger partial charge is 0.0248 e. The topological polar surface area (TPSA) is 12.0 Å². The number of hydrogen-bond donors (Lipinski definition) is 1. The predicted octanol–water partition coefficient (Wildman–Crippen LogP) is 3.54. The monoisotopic (exact) mass is 235 g/mol. The van der Waals surface area contributed by atoms with Gasteiger partial charge in [0.05, 0.1) is 0 Å². The van der Waals surface area contributed by atoms with E-state index in [2.05, 4.69) is 56.2 Å². The minimum Gasteiger partial charge on any atom is -0.316 e. The van der Waals surface area contributed by atoms with Gasteiger partial charge in [0.1, 0.15) is 0 Å². The van der Waals surface area contributed by atoms with Crippen molar-refractivity contribution in [1.29, 1.82) is 0 Å². The van der Waals surface area contributed by atoms with Crippen molar-refractivity contribution in [3.05, 3.63) is 29.3 Å². The molecule has 2 unspecified atom stereocenters. The van der Waals surface area contributed by atoms with Crippen LogP contribution >= 0.6 is 11.8 Å². The van der Waals surface area contributed by atoms with E-state index in [-0.39, 0.29) is 0 Å². The fourth-order valence-corrected chi connectivity index (χ4v) is 3.95. The van der Waals surface area contributed by atoms with Crippen molar-refractivity contribution in [3.63, 3.8) is 0 Å². The van der Waals surface area contributed by atoms with Crippen LogP contribution < -0.4 is 5.32 Å². The van der Waals surface area contributed by atoms with Gasteiger partial charge in [-0.1, -0.05) is 24.1 Å². The molecule has 0 aliphatic heterocycles. The van der Waals surface area contributed by atoms with Gasteiger partial charge in [-0.2, -0.15) is 0 Å². The summed E-state index contributed by atoms with van der Waals surface area (Å²) in [6.07, 6.45) is 4.05. The summed E-state index contributed by atoms with van der Waals surface area (Å²) >= 11 is 2.06. The molecule has 0 bridgehead atoms. The molecule has 2 rings (SSSR count). The molecule has 0 heterocycles. The van der Waals surface area contributed by atoms with E-state index in [9.17, 15) is 0 Å². The Hall–Kier alpha value is -0.470. The van der Waals surface area contributed by atoms with Crippen molar-refractivity contribution in [1.82, 2.24) is 5.32 Å². The van der Waals surface area contributed by atoms with Crippen molar-refractivity contribution in [2.24, 2.45) is 0 Å². The van der Waals surface area contributed by atoms with Crippen LogP contribution in [0.2, 0.25) is 0 Å². The number of thioether (sulfide) groups is 1. The van der Waals surface area contributed by atoms with Crippen LogP contribution in [-0.2, 0) is 0 Å². The van der Waals surface area contributed by atoms with Gasteiger partial charge in [-0.3, -0.25) is 0 Å². The molecule has 2 atom stereocenters. The number of nitrogens with one attached hydrogen (secondary N) is 1. The van der Waals surface area contributed by atoms with Crippen LogP contribution in [0.1, 0.15) is 30.4 Å². The molecule has 0 saturated heterocycles. The summed E-state index contributed by atoms with van der Waals surface area (Å²) in [6, 6.07) is 7.46. The van der Waals surface area contributed by atoms with Crippen molar-refractivity contribution < 1.29 is 0 Å². The van der Waals surface area contributed by atoms with Crippen LogP contribution in [0.25, 0.3) is 0 Å². The summed E-state index contributed by atoms with van der Waals surface area (Å²) in [6.45, 7) is 4.39. The zero-order valence-electron chi connectivity index (χ0n) is 10.4. The predicted molar refractivity (Wildman–Crippen MR) is 72.3 cm³/mol. The Morgan fingerprint density at radius 1 is 1.25 bits per heavy atom. The number of rotatable bonds is 3. The summed E-state index contributed by atoms with van der Waals surface area (Å²) in [5.74, 6) is 0. The first-order chi connectivity index (χ1) is 7.70. The lowest BCUT2D eigenvalue weighted by Gasteiger charge is -2.19. The third-order valence-corrected chi connectivity index (χ3v) is 5.01. The van der Waals surface area contributed by atoms with Crippen molar-refractivity contribution in [2.75, 3.05) is 7.05 Å². The fraction of sp³-hybridized carbons (Fsp3) is 0.571. The molecule has 1 N–H and O–H groups in total. The van der Waals surface area contributed by atoms with Crippen molar-refractivity contribution in [3.8, 4) is 0 Å². The molecule has 2 heteroatoms. The van der Waals surface area contributed by atoms with Gasteiger partial charge in [0, 0.05) is 16.2 Å². The highest BCUT2D eigenvalue weighted by molar-refractivity contribution is 8.00. The summed E-state index contributed by atoms with van der Waals surface area (Å²) < 4.78 is 0. The van der Waals surface area contributed by atoms with Crippen LogP contribution in [0.15, 0.2) is 23.1 Å². The molecular formula is C14H21NS. The SMILES string of the molecule is CNC1CCCC1Sc1cc(C)ccc1C. The molecule has 1 aromatic carbocycles. The molecule has 1 saturated carbocycles. The molecule has 0 radical (unpaired) electrons. The van der Waals surface area contributed by atoms with Crippen molar-refractivity contribution in [2.45, 2.75) is 49.3 Å². The first-order valence-electron chi connectivity index (χ1n) is 6.12. The highest BCUT2D eigenvalue weighted by Crippen LogP contribution is 2.36. The molecule has 0 spiro atoms. The second-order valence-corrected chi connectivity index (χ2v) is 6.03. The van der Waals surface area contributed by atoms with Crippen LogP contribution in [0.3, 0.4) is 0 Å². The van der Waals surface area contributed by atoms with Gasteiger partial charge in [-0.25, -0.2) is 0 Å². The van der Waals surface area contributed by atoms with Crippen LogP contribution in [0.4, 0.5) is 0 Å². The fourth-order valence-electron chi connectivity index (χ4n) is 2.39. The Labute approximate surface area is 103 Å². The molecule has 0 amide bonds. The lowest BCUT2D eigenvalue weighted by molar-refractivity contribution is 0.591. The van der Waals surface area contributed by atoms with E-state index in [1.54, 1.807) is 0 Å². The standard InChI is InChI=1S/C14H21NS/c1-10-7-8-11(2)14(9-10)16-13-6-4-5-12(13)15-3/h7-9,12-13,15H,4-6H2,1-3H3. The summed E-state index contributed by atoms with van der Waals surface area (Å²) in [7, 11) is 2.09. The second-order valence-electron chi connectivity index (χ2n) is 4.75. The van der Waals surface area contributed by atoms with Gasteiger partial charge in [0.25, 0.3) is 0 Å². The average molecular weight is 235 g/mol. The third kappa shape index (κ3) is 2.61. The molecule has 0 aromatic heterocycles. The zero-order valence-corrected chi connectivity index (χ0v) is 11.2. The maximum absolute atomic E-state index is 3.45. The molecular weight excluding hydrogens is 214 g/mol. The largest absolute Gasteiger partial charge is 0.316 e. The van der Waals surface area contributed by atoms with Gasteiger partial charge < -0.3 is 5.32 Å². The first-order valence-corrected chi connectivity index (χ1v) is 7.00. The zero-order chi connectivity index (χ0) is 11.5. The Kier molecular flexibility index (Phi) is 3.93. The molecule has 1 aliphatic rings. The van der Waals surface area contributed by atoms with Gasteiger partial charge in [0.15, 0.2) is 0 Å². The molecule has 1 aliphatic carbocycles. The minimum atomic E-state index is 0.699. The molecule has 16 heavy (non-hydrogen) atoms. The van der Waals surface area contributed by atoms with Crippen LogP contribution in [-0.4, -0.2) is 18.3 Å². The van der Waals surface area contributed by atoms with E-state index in [0.717, 1.165) is 5.25 Å². The quantitative estimate of drug-likeness (QED) is 0.860. The number of aryl methyl sites for hydroxylation is 2. The summed E-state index contributed by atoms with van der Waals surface area (Å²) in [4.78, 5) is 1.46. The van der Waals surface area contributed by atoms with E-state index < -0.39 is 0 Å². The van der Waals surface area contributed by atoms with E-state index in [1.807, 2.05) is 0 Å². The van der Waals surface area contributed by atoms with E-state index >= 15 is 0 Å². The maximum Gasteiger partial charge on any atom is 0.0248 e. The average Bonchev–Trinajstić information content (AvgIpc) is 2.71. The van der Waals surface area contributed by atoms with Gasteiger partial charge in [-0.15, -0.1) is 11.8 Å². The summed E-state index contributed by atoms with van der Waals surface area (Å²) in [5, 5.41) is 4.20. The second kappa shape index (κ2) is 5.24. The number of benzene rings is 1. The molecule has 1 aromatic rings. The van der Waals surface area contributed by atoms with E-state index in [0.29, 0.717) is 6.04 Å². The van der Waals surface area contributed by atoms with Crippen LogP contribution in [0.5, 0.6) is 0 Å². The Bertz CT molecular complexity index is 362. The normalized spacial score (nSPS) is 24.9. The highest BCUT2D eigenvalue weighted by atomic mass is 32.2. The highest BCUT2D eigenvalue weighted by Gasteiger charge is 2.26. The summed E-state index contributed by atoms with van der Waals surface area (Å²) in [5.41, 5.74) is 2.78. The van der Waals surface area contributed by atoms with Crippen molar-refractivity contribution >= 4 is 11.8 Å². The number of hydrogen-bond acceptors (Lipinski definition) is 2. The Morgan fingerprint density at radius 3 is 2.81 bits per heavy atom. The molecule has 1 fully saturated rings. The van der Waals surface area contributed by atoms with Crippen LogP contribution in [0, 0.1) is 13.8 Å². The molecule has 88 valence electrons. The van der Waals surface area contributed by atoms with Gasteiger partial charge in [0.2, 0.25) is 0 Å². The lowest BCUT2D eigenvalue weighted by atomic mass is 10.2. The first kappa shape index (κ1) is 12.0. The Balaban J connectivity index is 2.11. The van der Waals surface area contributed by atoms with E-state index in [1.165, 1.54) is 35.3 Å². The third-order valence-electron chi connectivity index (χ3n) is 3.45. The van der Waals surface area contributed by atoms with Gasteiger partial charge >= 0.3 is 0 Å². The lowest BCUT2D eigenvalue weighted by Crippen LogP contribution is -2.30. The molecule has 1 nitrogen and oxygen atoms in total. The minimum absolute atomic E-state index is 0.699. The maximum atomic E-state index is 3.45. The van der Waals surface area contributed by atoms with Gasteiger partial charge in [-0.05, 0) is 45.4 Å². The Morgan fingerprint density at radius 2 is 2.06 bits per heavy atom. The van der Waals surface area contributed by atoms with E-state index in [4.69, 9.17) is 0 Å².